The van der Waals surface area contributed by atoms with Crippen molar-refractivity contribution in [3.05, 3.63) is 13.8 Å². The summed E-state index contributed by atoms with van der Waals surface area (Å²) in [5, 5.41) is 8.93. The SMILES string of the molecule is CC[O-].[CH2-]C.[CH2-]C.[Tl+].[Zn+2]. The molecule has 0 aliphatic rings. The zero-order chi connectivity index (χ0) is 6.71. The standard InChI is InChI=1S/C2H5O.2C2H5.Tl.Zn/c1-2-3;2*1-2;;/h2H2,1H3;2*1H2,2H3;;/q3*-1;+1;+2. The van der Waals surface area contributed by atoms with Crippen molar-refractivity contribution in [1.29, 1.82) is 0 Å². The van der Waals surface area contributed by atoms with E-state index in [0.717, 1.165) is 0 Å². The van der Waals surface area contributed by atoms with Crippen LogP contribution in [0.1, 0.15) is 20.8 Å². The van der Waals surface area contributed by atoms with Crippen molar-refractivity contribution in [1.82, 2.24) is 0 Å². The Morgan fingerprint density at radius 1 is 1.11 bits per heavy atom. The van der Waals surface area contributed by atoms with Crippen molar-refractivity contribution in [2.24, 2.45) is 0 Å². The monoisotopic (exact) mass is 372 g/mol. The van der Waals surface area contributed by atoms with Crippen LogP contribution in [0.4, 0.5) is 0 Å². The molecule has 0 radical (unpaired) electrons. The predicted octanol–water partition coefficient (Wildman–Crippen LogP) is 0.664. The molecule has 0 amide bonds. The third-order valence-electron chi connectivity index (χ3n) is 0. The second kappa shape index (κ2) is 110. The Hall–Kier alpha value is 1.51. The second-order valence-corrected chi connectivity index (χ2v) is 0.289. The normalized spacial score (nSPS) is 3.33. The van der Waals surface area contributed by atoms with Gasteiger partial charge in [-0.1, -0.05) is 6.92 Å². The van der Waals surface area contributed by atoms with Crippen LogP contribution in [0.5, 0.6) is 0 Å². The van der Waals surface area contributed by atoms with Gasteiger partial charge in [-0.2, -0.15) is 13.8 Å². The van der Waals surface area contributed by atoms with Gasteiger partial charge in [0.05, 0.1) is 0 Å². The molecule has 50 valence electrons. The molecule has 1 nitrogen and oxygen atoms in total. The fourth-order valence-electron chi connectivity index (χ4n) is 0. The molecule has 0 aromatic carbocycles. The first-order chi connectivity index (χ1) is 3.41. The number of hydrogen-bond donors (Lipinski definition) is 0. The van der Waals surface area contributed by atoms with Gasteiger partial charge in [-0.05, 0) is 0 Å². The zero-order valence-corrected chi connectivity index (χ0v) is 14.3. The predicted molar refractivity (Wildman–Crippen MR) is 38.4 cm³/mol. The van der Waals surface area contributed by atoms with Gasteiger partial charge in [-0.25, -0.2) is 0 Å². The van der Waals surface area contributed by atoms with Crippen molar-refractivity contribution in [2.75, 3.05) is 6.61 Å². The first kappa shape index (κ1) is 31.3. The molecule has 0 atom stereocenters. The molecule has 3 heteroatoms. The average Bonchev–Trinajstić information content (AvgIpc) is 1.78. The van der Waals surface area contributed by atoms with E-state index in [4.69, 9.17) is 5.11 Å². The zero-order valence-electron chi connectivity index (χ0n) is 6.81. The number of hydrogen-bond acceptors (Lipinski definition) is 1. The third kappa shape index (κ3) is 236. The van der Waals surface area contributed by atoms with Gasteiger partial charge in [0.15, 0.2) is 0 Å². The summed E-state index contributed by atoms with van der Waals surface area (Å²) in [6.07, 6.45) is 0. The summed E-state index contributed by atoms with van der Waals surface area (Å²) in [7, 11) is 0. The van der Waals surface area contributed by atoms with Crippen molar-refractivity contribution < 1.29 is 24.6 Å². The minimum Gasteiger partial charge on any atom is -0.855 e. The topological polar surface area (TPSA) is 23.1 Å². The summed E-state index contributed by atoms with van der Waals surface area (Å²) in [4.78, 5) is 0. The van der Waals surface area contributed by atoms with Gasteiger partial charge in [0.1, 0.15) is 0 Å². The Labute approximate surface area is 92.5 Å². The summed E-state index contributed by atoms with van der Waals surface area (Å²) in [5.74, 6) is 0. The Morgan fingerprint density at radius 2 is 1.11 bits per heavy atom. The van der Waals surface area contributed by atoms with Gasteiger partial charge < -0.3 is 19.0 Å². The van der Waals surface area contributed by atoms with E-state index in [-0.39, 0.29) is 53.4 Å². The van der Waals surface area contributed by atoms with E-state index in [1.807, 2.05) is 0 Å². The maximum absolute atomic E-state index is 8.93. The second-order valence-electron chi connectivity index (χ2n) is 0.289. The average molecular weight is 373 g/mol. The molecule has 0 heterocycles. The summed E-state index contributed by atoms with van der Waals surface area (Å²) < 4.78 is 0. The van der Waals surface area contributed by atoms with Crippen LogP contribution in [0.25, 0.3) is 0 Å². The molecule has 0 saturated carbocycles. The molecule has 0 bridgehead atoms. The summed E-state index contributed by atoms with van der Waals surface area (Å²) in [5.41, 5.74) is 0. The molecular weight excluding hydrogens is 358 g/mol. The molecule has 0 aromatic heterocycles. The maximum Gasteiger partial charge on any atom is 2.00 e. The van der Waals surface area contributed by atoms with Crippen LogP contribution in [-0.4, -0.2) is 33.9 Å². The van der Waals surface area contributed by atoms with Crippen LogP contribution in [0, 0.1) is 13.8 Å². The van der Waals surface area contributed by atoms with Crippen molar-refractivity contribution >= 4 is 27.3 Å². The van der Waals surface area contributed by atoms with Crippen LogP contribution < -0.4 is 5.11 Å². The van der Waals surface area contributed by atoms with Crippen LogP contribution in [0.2, 0.25) is 0 Å². The van der Waals surface area contributed by atoms with Crippen molar-refractivity contribution in [3.8, 4) is 0 Å². The fraction of sp³-hybridized carbons (Fsp3) is 0.667. The Morgan fingerprint density at radius 3 is 1.11 bits per heavy atom. The molecule has 0 fully saturated rings. The molecular formula is C6H15OTlZn. The first-order valence-electron chi connectivity index (χ1n) is 2.41. The third-order valence-corrected chi connectivity index (χ3v) is 0. The van der Waals surface area contributed by atoms with Gasteiger partial charge >= 0.3 is 46.8 Å². The van der Waals surface area contributed by atoms with E-state index in [0.29, 0.717) is 0 Å². The maximum atomic E-state index is 8.93. The minimum absolute atomic E-state index is 0. The van der Waals surface area contributed by atoms with E-state index in [1.54, 1.807) is 20.8 Å². The van der Waals surface area contributed by atoms with E-state index in [1.165, 1.54) is 0 Å². The van der Waals surface area contributed by atoms with E-state index < -0.39 is 0 Å². The molecule has 0 aliphatic carbocycles. The van der Waals surface area contributed by atoms with Crippen molar-refractivity contribution in [2.45, 2.75) is 20.8 Å². The van der Waals surface area contributed by atoms with Gasteiger partial charge in [0.2, 0.25) is 0 Å². The summed E-state index contributed by atoms with van der Waals surface area (Å²) in [6.45, 7) is 11.6. The van der Waals surface area contributed by atoms with Gasteiger partial charge in [0.25, 0.3) is 0 Å². The van der Waals surface area contributed by atoms with E-state index in [2.05, 4.69) is 13.8 Å². The molecule has 0 N–H and O–H groups in total. The molecule has 0 rings (SSSR count). The summed E-state index contributed by atoms with van der Waals surface area (Å²) >= 11 is 0. The van der Waals surface area contributed by atoms with Gasteiger partial charge in [-0.3, -0.25) is 0 Å². The minimum atomic E-state index is 0. The Bertz CT molecular complexity index is 13.0. The molecule has 0 saturated heterocycles. The summed E-state index contributed by atoms with van der Waals surface area (Å²) in [6, 6.07) is 0. The van der Waals surface area contributed by atoms with Crippen LogP contribution in [0.3, 0.4) is 0 Å². The van der Waals surface area contributed by atoms with E-state index in [9.17, 15) is 0 Å². The Balaban J connectivity index is -0.00000000825. The largest absolute Gasteiger partial charge is 2.00 e. The van der Waals surface area contributed by atoms with Crippen LogP contribution in [0.15, 0.2) is 0 Å². The molecule has 0 spiro atoms. The quantitative estimate of drug-likeness (QED) is 0.452. The Kier molecular flexibility index (Phi) is 381. The van der Waals surface area contributed by atoms with Gasteiger partial charge in [0, 0.05) is 0 Å². The molecule has 0 aromatic rings. The molecule has 9 heavy (non-hydrogen) atoms. The van der Waals surface area contributed by atoms with Crippen LogP contribution in [-0.2, 0) is 19.5 Å². The van der Waals surface area contributed by atoms with Crippen LogP contribution >= 0.6 is 0 Å². The van der Waals surface area contributed by atoms with E-state index >= 15 is 0 Å². The molecule has 0 aliphatic heterocycles. The first-order valence-corrected chi connectivity index (χ1v) is 2.41. The molecule has 0 unspecified atom stereocenters. The van der Waals surface area contributed by atoms with Crippen molar-refractivity contribution in [3.63, 3.8) is 0 Å². The van der Waals surface area contributed by atoms with Gasteiger partial charge in [-0.15, -0.1) is 6.61 Å². The number of rotatable bonds is 0. The fourth-order valence-corrected chi connectivity index (χ4v) is 0. The smallest absolute Gasteiger partial charge is 0.855 e.